The molecule has 0 saturated carbocycles. The molecule has 0 bridgehead atoms. The first-order chi connectivity index (χ1) is 6.43. The Kier molecular flexibility index (Phi) is 5.81. The van der Waals surface area contributed by atoms with E-state index in [-0.39, 0.29) is 0 Å². The van der Waals surface area contributed by atoms with Crippen LogP contribution in [0.2, 0.25) is 0 Å². The summed E-state index contributed by atoms with van der Waals surface area (Å²) in [7, 11) is 0. The zero-order valence-corrected chi connectivity index (χ0v) is 8.90. The largest absolute Gasteiger partial charge is 0.382 e. The van der Waals surface area contributed by atoms with Gasteiger partial charge in [-0.05, 0) is 42.3 Å². The maximum atomic E-state index is 5.23. The first-order valence-corrected chi connectivity index (χ1v) is 5.67. The molecule has 0 aliphatic heterocycles. The molecule has 0 aromatic carbocycles. The van der Waals surface area contributed by atoms with Crippen molar-refractivity contribution in [3.63, 3.8) is 0 Å². The molecule has 1 rings (SSSR count). The molecular formula is C10H17NOS. The Morgan fingerprint density at radius 3 is 3.15 bits per heavy atom. The second kappa shape index (κ2) is 7.06. The predicted octanol–water partition coefficient (Wildman–Crippen LogP) is 2.26. The highest BCUT2D eigenvalue weighted by atomic mass is 32.1. The monoisotopic (exact) mass is 199 g/mol. The lowest BCUT2D eigenvalue weighted by Crippen LogP contribution is -2.15. The molecule has 1 N–H and O–H groups in total. The number of ether oxygens (including phenoxy) is 1. The van der Waals surface area contributed by atoms with E-state index in [9.17, 15) is 0 Å². The standard InChI is InChI=1S/C10H17NOS/c1-2-12-6-3-5-11-8-10-4-7-13-9-10/h4,7,9,11H,2-3,5-6,8H2,1H3. The molecule has 13 heavy (non-hydrogen) atoms. The van der Waals surface area contributed by atoms with Crippen LogP contribution in [0.1, 0.15) is 18.9 Å². The van der Waals surface area contributed by atoms with Crippen molar-refractivity contribution in [3.8, 4) is 0 Å². The van der Waals surface area contributed by atoms with Crippen LogP contribution < -0.4 is 5.32 Å². The molecule has 1 heterocycles. The summed E-state index contributed by atoms with van der Waals surface area (Å²) in [6, 6.07) is 2.15. The summed E-state index contributed by atoms with van der Waals surface area (Å²) in [5, 5.41) is 7.66. The summed E-state index contributed by atoms with van der Waals surface area (Å²) in [6.07, 6.45) is 1.10. The first-order valence-electron chi connectivity index (χ1n) is 4.73. The lowest BCUT2D eigenvalue weighted by atomic mass is 10.3. The Morgan fingerprint density at radius 1 is 1.54 bits per heavy atom. The van der Waals surface area contributed by atoms with E-state index < -0.39 is 0 Å². The summed E-state index contributed by atoms with van der Waals surface area (Å²) >= 11 is 1.75. The van der Waals surface area contributed by atoms with Crippen LogP contribution in [-0.4, -0.2) is 19.8 Å². The summed E-state index contributed by atoms with van der Waals surface area (Å²) in [5.41, 5.74) is 1.38. The summed E-state index contributed by atoms with van der Waals surface area (Å²) < 4.78 is 5.23. The van der Waals surface area contributed by atoms with Gasteiger partial charge in [-0.25, -0.2) is 0 Å². The lowest BCUT2D eigenvalue weighted by Gasteiger charge is -2.03. The number of thiophene rings is 1. The van der Waals surface area contributed by atoms with E-state index in [1.165, 1.54) is 5.56 Å². The van der Waals surface area contributed by atoms with E-state index in [0.717, 1.165) is 32.7 Å². The van der Waals surface area contributed by atoms with Gasteiger partial charge in [0.15, 0.2) is 0 Å². The van der Waals surface area contributed by atoms with E-state index in [2.05, 4.69) is 22.1 Å². The molecule has 0 unspecified atom stereocenters. The summed E-state index contributed by atoms with van der Waals surface area (Å²) in [5.74, 6) is 0. The van der Waals surface area contributed by atoms with Crippen molar-refractivity contribution < 1.29 is 4.74 Å². The van der Waals surface area contributed by atoms with Crippen molar-refractivity contribution >= 4 is 11.3 Å². The quantitative estimate of drug-likeness (QED) is 0.680. The van der Waals surface area contributed by atoms with Gasteiger partial charge in [0, 0.05) is 19.8 Å². The average Bonchev–Trinajstić information content (AvgIpc) is 2.63. The van der Waals surface area contributed by atoms with E-state index in [4.69, 9.17) is 4.74 Å². The van der Waals surface area contributed by atoms with Crippen molar-refractivity contribution in [1.29, 1.82) is 0 Å². The third kappa shape index (κ3) is 5.03. The number of hydrogen-bond acceptors (Lipinski definition) is 3. The molecule has 0 aliphatic carbocycles. The van der Waals surface area contributed by atoms with Gasteiger partial charge in [0.1, 0.15) is 0 Å². The van der Waals surface area contributed by atoms with Crippen LogP contribution in [0.3, 0.4) is 0 Å². The zero-order chi connectivity index (χ0) is 9.36. The van der Waals surface area contributed by atoms with Crippen molar-refractivity contribution in [3.05, 3.63) is 22.4 Å². The van der Waals surface area contributed by atoms with Crippen molar-refractivity contribution in [2.75, 3.05) is 19.8 Å². The van der Waals surface area contributed by atoms with Gasteiger partial charge >= 0.3 is 0 Å². The minimum absolute atomic E-state index is 0.824. The molecule has 0 saturated heterocycles. The van der Waals surface area contributed by atoms with Crippen molar-refractivity contribution in [1.82, 2.24) is 5.32 Å². The van der Waals surface area contributed by atoms with Gasteiger partial charge in [-0.2, -0.15) is 11.3 Å². The van der Waals surface area contributed by atoms with Crippen LogP contribution in [0.15, 0.2) is 16.8 Å². The molecule has 2 nitrogen and oxygen atoms in total. The summed E-state index contributed by atoms with van der Waals surface area (Å²) in [4.78, 5) is 0. The fourth-order valence-corrected chi connectivity index (χ4v) is 1.74. The molecule has 0 amide bonds. The minimum Gasteiger partial charge on any atom is -0.382 e. The van der Waals surface area contributed by atoms with E-state index >= 15 is 0 Å². The van der Waals surface area contributed by atoms with Crippen LogP contribution in [0.4, 0.5) is 0 Å². The van der Waals surface area contributed by atoms with Crippen LogP contribution in [0.25, 0.3) is 0 Å². The summed E-state index contributed by atoms with van der Waals surface area (Å²) in [6.45, 7) is 5.74. The molecular weight excluding hydrogens is 182 g/mol. The van der Waals surface area contributed by atoms with Gasteiger partial charge < -0.3 is 10.1 Å². The SMILES string of the molecule is CCOCCCNCc1ccsc1. The van der Waals surface area contributed by atoms with Gasteiger partial charge in [-0.15, -0.1) is 0 Å². The van der Waals surface area contributed by atoms with Crippen LogP contribution in [0.5, 0.6) is 0 Å². The highest BCUT2D eigenvalue weighted by molar-refractivity contribution is 7.07. The number of nitrogens with one attached hydrogen (secondary N) is 1. The Hall–Kier alpha value is -0.380. The van der Waals surface area contributed by atoms with Crippen LogP contribution in [0, 0.1) is 0 Å². The topological polar surface area (TPSA) is 21.3 Å². The minimum atomic E-state index is 0.824. The maximum Gasteiger partial charge on any atom is 0.0477 e. The molecule has 74 valence electrons. The molecule has 0 spiro atoms. The van der Waals surface area contributed by atoms with Crippen molar-refractivity contribution in [2.45, 2.75) is 19.9 Å². The molecule has 0 atom stereocenters. The molecule has 1 aromatic heterocycles. The average molecular weight is 199 g/mol. The fourth-order valence-electron chi connectivity index (χ4n) is 1.07. The third-order valence-corrected chi connectivity index (χ3v) is 2.49. The highest BCUT2D eigenvalue weighted by Gasteiger charge is 1.91. The number of hydrogen-bond donors (Lipinski definition) is 1. The Balaban J connectivity index is 1.90. The van der Waals surface area contributed by atoms with Gasteiger partial charge in [0.05, 0.1) is 0 Å². The van der Waals surface area contributed by atoms with E-state index in [1.54, 1.807) is 11.3 Å². The second-order valence-electron chi connectivity index (χ2n) is 2.86. The lowest BCUT2D eigenvalue weighted by molar-refractivity contribution is 0.144. The maximum absolute atomic E-state index is 5.23. The first kappa shape index (κ1) is 10.7. The van der Waals surface area contributed by atoms with E-state index in [1.807, 2.05) is 6.92 Å². The van der Waals surface area contributed by atoms with Crippen LogP contribution >= 0.6 is 11.3 Å². The van der Waals surface area contributed by atoms with Crippen LogP contribution in [-0.2, 0) is 11.3 Å². The van der Waals surface area contributed by atoms with Gasteiger partial charge in [0.2, 0.25) is 0 Å². The fraction of sp³-hybridized carbons (Fsp3) is 0.600. The Bertz CT molecular complexity index is 199. The predicted molar refractivity (Wildman–Crippen MR) is 57.1 cm³/mol. The molecule has 0 aliphatic rings. The van der Waals surface area contributed by atoms with Crippen molar-refractivity contribution in [2.24, 2.45) is 0 Å². The molecule has 1 aromatic rings. The third-order valence-electron chi connectivity index (χ3n) is 1.76. The Morgan fingerprint density at radius 2 is 2.46 bits per heavy atom. The normalized spacial score (nSPS) is 10.5. The zero-order valence-electron chi connectivity index (χ0n) is 8.08. The second-order valence-corrected chi connectivity index (χ2v) is 3.64. The van der Waals surface area contributed by atoms with Gasteiger partial charge in [-0.1, -0.05) is 0 Å². The molecule has 0 radical (unpaired) electrons. The smallest absolute Gasteiger partial charge is 0.0477 e. The Labute approximate surface area is 83.9 Å². The number of rotatable bonds is 7. The molecule has 0 fully saturated rings. The van der Waals surface area contributed by atoms with Gasteiger partial charge in [-0.3, -0.25) is 0 Å². The highest BCUT2D eigenvalue weighted by Crippen LogP contribution is 2.04. The van der Waals surface area contributed by atoms with E-state index in [0.29, 0.717) is 0 Å². The molecule has 3 heteroatoms. The van der Waals surface area contributed by atoms with Gasteiger partial charge in [0.25, 0.3) is 0 Å².